The van der Waals surface area contributed by atoms with Crippen LogP contribution in [0.5, 0.6) is 0 Å². The molecule has 0 saturated carbocycles. The van der Waals surface area contributed by atoms with E-state index in [1.54, 1.807) is 20.8 Å². The van der Waals surface area contributed by atoms with Crippen molar-refractivity contribution >= 4 is 23.5 Å². The van der Waals surface area contributed by atoms with Crippen LogP contribution in [0.4, 0.5) is 0 Å². The highest BCUT2D eigenvalue weighted by molar-refractivity contribution is 7.99. The fourth-order valence-corrected chi connectivity index (χ4v) is 4.16. The third-order valence-corrected chi connectivity index (χ3v) is 5.57. The highest BCUT2D eigenvalue weighted by Crippen LogP contribution is 2.25. The molecular weight excluding hydrogens is 352 g/mol. The molecular formula is C18H24N4O3S. The third-order valence-electron chi connectivity index (χ3n) is 4.60. The first-order chi connectivity index (χ1) is 12.5. The molecule has 8 heteroatoms. The van der Waals surface area contributed by atoms with Gasteiger partial charge in [0, 0.05) is 18.7 Å². The number of fused-ring (bicyclic) bond motifs is 1. The van der Waals surface area contributed by atoms with Crippen molar-refractivity contribution in [1.29, 1.82) is 0 Å². The first-order valence-electron chi connectivity index (χ1n) is 8.97. The molecule has 0 saturated heterocycles. The summed E-state index contributed by atoms with van der Waals surface area (Å²) in [6.45, 7) is 6.53. The minimum atomic E-state index is -0.395. The number of nitrogens with zero attached hydrogens (tertiary/aromatic N) is 3. The van der Waals surface area contributed by atoms with Crippen molar-refractivity contribution in [3.05, 3.63) is 28.3 Å². The molecule has 0 radical (unpaired) electrons. The second-order valence-electron chi connectivity index (χ2n) is 6.42. The Morgan fingerprint density at radius 3 is 2.81 bits per heavy atom. The number of Topliss-reactive ketones (excluding diaryl/α,β-unsaturated/α-hetero) is 1. The number of ketones is 1. The standard InChI is InChI=1S/C18H24N4O3S/c1-4-25-17(24)15-11(2)16(19-12(15)3)13(23)10-26-18-21-20-14-8-6-5-7-9-22(14)18/h19H,4-10H2,1-3H3. The molecule has 0 bridgehead atoms. The minimum Gasteiger partial charge on any atom is -0.462 e. The summed E-state index contributed by atoms with van der Waals surface area (Å²) in [5.74, 6) is 0.806. The molecule has 0 unspecified atom stereocenters. The van der Waals surface area contributed by atoms with Crippen LogP contribution in [-0.2, 0) is 17.7 Å². The molecule has 0 fully saturated rings. The molecule has 1 N–H and O–H groups in total. The number of hydrogen-bond acceptors (Lipinski definition) is 6. The second kappa shape index (κ2) is 8.07. The maximum Gasteiger partial charge on any atom is 0.340 e. The zero-order valence-corrected chi connectivity index (χ0v) is 16.2. The summed E-state index contributed by atoms with van der Waals surface area (Å²) in [7, 11) is 0. The molecule has 26 heavy (non-hydrogen) atoms. The van der Waals surface area contributed by atoms with Gasteiger partial charge in [0.2, 0.25) is 0 Å². The van der Waals surface area contributed by atoms with E-state index in [2.05, 4.69) is 19.7 Å². The summed E-state index contributed by atoms with van der Waals surface area (Å²) in [5, 5.41) is 9.29. The monoisotopic (exact) mass is 376 g/mol. The normalized spacial score (nSPS) is 14.0. The summed E-state index contributed by atoms with van der Waals surface area (Å²) >= 11 is 1.40. The van der Waals surface area contributed by atoms with E-state index in [0.717, 1.165) is 36.8 Å². The van der Waals surface area contributed by atoms with Crippen molar-refractivity contribution in [3.8, 4) is 0 Å². The Labute approximate surface area is 156 Å². The first-order valence-corrected chi connectivity index (χ1v) is 9.95. The molecule has 0 amide bonds. The average molecular weight is 376 g/mol. The van der Waals surface area contributed by atoms with Crippen LogP contribution < -0.4 is 0 Å². The number of hydrogen-bond donors (Lipinski definition) is 1. The van der Waals surface area contributed by atoms with Gasteiger partial charge in [0.1, 0.15) is 5.82 Å². The minimum absolute atomic E-state index is 0.0582. The highest BCUT2D eigenvalue weighted by atomic mass is 32.2. The summed E-state index contributed by atoms with van der Waals surface area (Å²) in [5.41, 5.74) is 2.22. The van der Waals surface area contributed by atoms with Gasteiger partial charge < -0.3 is 14.3 Å². The predicted octanol–water partition coefficient (Wildman–Crippen LogP) is 3.10. The Balaban J connectivity index is 1.72. The van der Waals surface area contributed by atoms with Crippen molar-refractivity contribution < 1.29 is 14.3 Å². The molecule has 1 aliphatic heterocycles. The number of rotatable bonds is 6. The zero-order chi connectivity index (χ0) is 18.7. The lowest BCUT2D eigenvalue weighted by atomic mass is 10.1. The van der Waals surface area contributed by atoms with Gasteiger partial charge in [0.25, 0.3) is 0 Å². The molecule has 2 aromatic rings. The Kier molecular flexibility index (Phi) is 5.80. The number of nitrogens with one attached hydrogen (secondary N) is 1. The van der Waals surface area contributed by atoms with E-state index in [-0.39, 0.29) is 11.5 Å². The Morgan fingerprint density at radius 2 is 2.04 bits per heavy atom. The van der Waals surface area contributed by atoms with E-state index in [9.17, 15) is 9.59 Å². The van der Waals surface area contributed by atoms with Gasteiger partial charge in [-0.25, -0.2) is 4.79 Å². The number of aryl methyl sites for hydroxylation is 2. The number of esters is 1. The lowest BCUT2D eigenvalue weighted by Gasteiger charge is -2.06. The topological polar surface area (TPSA) is 89.9 Å². The van der Waals surface area contributed by atoms with E-state index >= 15 is 0 Å². The predicted molar refractivity (Wildman–Crippen MR) is 98.9 cm³/mol. The molecule has 3 heterocycles. The Bertz CT molecular complexity index is 825. The fourth-order valence-electron chi connectivity index (χ4n) is 3.31. The van der Waals surface area contributed by atoms with Gasteiger partial charge in [-0.15, -0.1) is 10.2 Å². The van der Waals surface area contributed by atoms with Crippen LogP contribution in [0.15, 0.2) is 5.16 Å². The van der Waals surface area contributed by atoms with Crippen molar-refractivity contribution in [2.45, 2.75) is 58.2 Å². The van der Waals surface area contributed by atoms with Crippen LogP contribution in [0, 0.1) is 13.8 Å². The molecule has 1 aliphatic rings. The third kappa shape index (κ3) is 3.70. The van der Waals surface area contributed by atoms with Crippen LogP contribution in [0.1, 0.15) is 64.1 Å². The maximum atomic E-state index is 12.7. The van der Waals surface area contributed by atoms with Crippen LogP contribution in [-0.4, -0.2) is 43.9 Å². The van der Waals surface area contributed by atoms with Gasteiger partial charge >= 0.3 is 5.97 Å². The van der Waals surface area contributed by atoms with Crippen molar-refractivity contribution in [2.75, 3.05) is 12.4 Å². The van der Waals surface area contributed by atoms with E-state index in [0.29, 0.717) is 29.1 Å². The molecule has 7 nitrogen and oxygen atoms in total. The number of H-pyrrole nitrogens is 1. The van der Waals surface area contributed by atoms with E-state index in [4.69, 9.17) is 4.74 Å². The van der Waals surface area contributed by atoms with Gasteiger partial charge in [-0.05, 0) is 39.2 Å². The summed E-state index contributed by atoms with van der Waals surface area (Å²) in [6.07, 6.45) is 4.40. The first kappa shape index (κ1) is 18.7. The summed E-state index contributed by atoms with van der Waals surface area (Å²) in [6, 6.07) is 0. The van der Waals surface area contributed by atoms with Crippen LogP contribution in [0.2, 0.25) is 0 Å². The van der Waals surface area contributed by atoms with E-state index in [1.807, 2.05) is 0 Å². The number of carbonyl (C=O) groups is 2. The molecule has 0 aliphatic carbocycles. The van der Waals surface area contributed by atoms with Crippen LogP contribution in [0.3, 0.4) is 0 Å². The summed E-state index contributed by atoms with van der Waals surface area (Å²) in [4.78, 5) is 27.8. The van der Waals surface area contributed by atoms with Crippen molar-refractivity contribution in [3.63, 3.8) is 0 Å². The lowest BCUT2D eigenvalue weighted by Crippen LogP contribution is -2.09. The fraction of sp³-hybridized carbons (Fsp3) is 0.556. The molecule has 0 atom stereocenters. The number of carbonyl (C=O) groups excluding carboxylic acids is 2. The average Bonchev–Trinajstić information content (AvgIpc) is 3.03. The highest BCUT2D eigenvalue weighted by Gasteiger charge is 2.23. The van der Waals surface area contributed by atoms with E-state index < -0.39 is 5.97 Å². The van der Waals surface area contributed by atoms with Crippen molar-refractivity contribution in [1.82, 2.24) is 19.7 Å². The lowest BCUT2D eigenvalue weighted by molar-refractivity contribution is 0.0525. The number of thioether (sulfide) groups is 1. The summed E-state index contributed by atoms with van der Waals surface area (Å²) < 4.78 is 7.21. The van der Waals surface area contributed by atoms with Crippen LogP contribution in [0.25, 0.3) is 0 Å². The Hall–Kier alpha value is -2.09. The van der Waals surface area contributed by atoms with Gasteiger partial charge in [-0.1, -0.05) is 18.2 Å². The number of aromatic amines is 1. The SMILES string of the molecule is CCOC(=O)c1c(C)[nH]c(C(=O)CSc2nnc3n2CCCCC3)c1C. The Morgan fingerprint density at radius 1 is 1.23 bits per heavy atom. The smallest absolute Gasteiger partial charge is 0.340 e. The maximum absolute atomic E-state index is 12.7. The van der Waals surface area contributed by atoms with E-state index in [1.165, 1.54) is 18.2 Å². The molecule has 2 aromatic heterocycles. The van der Waals surface area contributed by atoms with Crippen LogP contribution >= 0.6 is 11.8 Å². The van der Waals surface area contributed by atoms with Gasteiger partial charge in [-0.3, -0.25) is 4.79 Å². The van der Waals surface area contributed by atoms with Gasteiger partial charge in [-0.2, -0.15) is 0 Å². The second-order valence-corrected chi connectivity index (χ2v) is 7.36. The molecule has 140 valence electrons. The quantitative estimate of drug-likeness (QED) is 0.473. The van der Waals surface area contributed by atoms with Gasteiger partial charge in [0.15, 0.2) is 10.9 Å². The zero-order valence-electron chi connectivity index (χ0n) is 15.4. The van der Waals surface area contributed by atoms with Crippen molar-refractivity contribution in [2.24, 2.45) is 0 Å². The van der Waals surface area contributed by atoms with Gasteiger partial charge in [0.05, 0.1) is 23.6 Å². The molecule has 3 rings (SSSR count). The molecule has 0 spiro atoms. The number of ether oxygens (including phenoxy) is 1. The number of aromatic nitrogens is 4. The largest absolute Gasteiger partial charge is 0.462 e. The molecule has 0 aromatic carbocycles.